The molecule has 20 heavy (non-hydrogen) atoms. The molecule has 0 aliphatic rings. The predicted octanol–water partition coefficient (Wildman–Crippen LogP) is 4.06. The minimum absolute atomic E-state index is 0.155. The molecule has 2 rings (SSSR count). The molecule has 2 aromatic carbocycles. The fraction of sp³-hybridized carbons (Fsp3) is 0.0667. The normalized spacial score (nSPS) is 11.9. The number of hydrogen-bond acceptors (Lipinski definition) is 2. The van der Waals surface area contributed by atoms with Gasteiger partial charge in [0, 0.05) is 10.4 Å². The van der Waals surface area contributed by atoms with Crippen molar-refractivity contribution in [1.29, 1.82) is 0 Å². The molecular formula is C15H12ClFO2S. The Morgan fingerprint density at radius 3 is 2.20 bits per heavy atom. The van der Waals surface area contributed by atoms with Crippen LogP contribution < -0.4 is 0 Å². The second-order valence-corrected chi connectivity index (χ2v) is 6.61. The molecule has 0 saturated heterocycles. The summed E-state index contributed by atoms with van der Waals surface area (Å²) >= 11 is 5.75. The monoisotopic (exact) mass is 310 g/mol. The molecular weight excluding hydrogens is 299 g/mol. The van der Waals surface area contributed by atoms with Gasteiger partial charge in [0.25, 0.3) is 0 Å². The van der Waals surface area contributed by atoms with Gasteiger partial charge in [-0.05, 0) is 41.5 Å². The first-order valence-corrected chi connectivity index (χ1v) is 7.95. The van der Waals surface area contributed by atoms with Crippen LogP contribution in [0.4, 0.5) is 4.39 Å². The van der Waals surface area contributed by atoms with E-state index in [1.807, 2.05) is 0 Å². The Morgan fingerprint density at radius 2 is 1.60 bits per heavy atom. The molecule has 0 heterocycles. The van der Waals surface area contributed by atoms with E-state index in [0.717, 1.165) is 11.0 Å². The molecule has 2 nitrogen and oxygen atoms in total. The molecule has 0 unspecified atom stereocenters. The molecule has 5 heteroatoms. The van der Waals surface area contributed by atoms with Crippen LogP contribution in [-0.4, -0.2) is 8.42 Å². The zero-order valence-electron chi connectivity index (χ0n) is 10.5. The lowest BCUT2D eigenvalue weighted by Gasteiger charge is -2.00. The lowest BCUT2D eigenvalue weighted by Crippen LogP contribution is -1.99. The molecule has 0 aromatic heterocycles. The van der Waals surface area contributed by atoms with E-state index >= 15 is 0 Å². The van der Waals surface area contributed by atoms with Crippen LogP contribution in [0.25, 0.3) is 6.08 Å². The summed E-state index contributed by atoms with van der Waals surface area (Å²) in [5.41, 5.74) is 1.30. The van der Waals surface area contributed by atoms with Crippen molar-refractivity contribution in [3.63, 3.8) is 0 Å². The van der Waals surface area contributed by atoms with Crippen LogP contribution >= 0.6 is 11.6 Å². The number of rotatable bonds is 4. The van der Waals surface area contributed by atoms with E-state index in [4.69, 9.17) is 11.6 Å². The predicted molar refractivity (Wildman–Crippen MR) is 79.5 cm³/mol. The lowest BCUT2D eigenvalue weighted by atomic mass is 10.2. The van der Waals surface area contributed by atoms with Crippen molar-refractivity contribution < 1.29 is 12.8 Å². The summed E-state index contributed by atoms with van der Waals surface area (Å²) in [5, 5.41) is 1.75. The van der Waals surface area contributed by atoms with Gasteiger partial charge in [-0.25, -0.2) is 12.8 Å². The third-order valence-corrected chi connectivity index (χ3v) is 4.16. The first-order valence-electron chi connectivity index (χ1n) is 5.85. The standard InChI is InChI=1S/C15H12ClFO2S/c16-14-5-1-12(2-6-14)9-10-20(18,19)11-13-3-7-15(17)8-4-13/h1-10H,11H2/b10-9-. The summed E-state index contributed by atoms with van der Waals surface area (Å²) in [6.07, 6.45) is 1.51. The van der Waals surface area contributed by atoms with Crippen LogP contribution in [0.5, 0.6) is 0 Å². The second-order valence-electron chi connectivity index (χ2n) is 4.29. The van der Waals surface area contributed by atoms with Gasteiger partial charge in [-0.1, -0.05) is 35.9 Å². The van der Waals surface area contributed by atoms with Crippen molar-refractivity contribution in [3.05, 3.63) is 75.9 Å². The van der Waals surface area contributed by atoms with Crippen LogP contribution in [0.3, 0.4) is 0 Å². The second kappa shape index (κ2) is 6.20. The zero-order chi connectivity index (χ0) is 14.6. The number of benzene rings is 2. The van der Waals surface area contributed by atoms with E-state index in [1.165, 1.54) is 30.3 Å². The maximum Gasteiger partial charge on any atom is 0.175 e. The summed E-state index contributed by atoms with van der Waals surface area (Å²) in [4.78, 5) is 0. The smallest absolute Gasteiger partial charge is 0.175 e. The minimum Gasteiger partial charge on any atom is -0.224 e. The molecule has 0 bridgehead atoms. The molecule has 0 aliphatic heterocycles. The van der Waals surface area contributed by atoms with E-state index in [1.54, 1.807) is 24.3 Å². The van der Waals surface area contributed by atoms with Gasteiger partial charge in [-0.15, -0.1) is 0 Å². The summed E-state index contributed by atoms with van der Waals surface area (Å²) in [6.45, 7) is 0. The Morgan fingerprint density at radius 1 is 1.00 bits per heavy atom. The summed E-state index contributed by atoms with van der Waals surface area (Å²) in [6, 6.07) is 12.2. The Bertz CT molecular complexity index is 705. The third kappa shape index (κ3) is 4.47. The van der Waals surface area contributed by atoms with Gasteiger partial charge in [0.15, 0.2) is 9.84 Å². The highest BCUT2D eigenvalue weighted by Gasteiger charge is 2.07. The number of halogens is 2. The fourth-order valence-electron chi connectivity index (χ4n) is 1.62. The lowest BCUT2D eigenvalue weighted by molar-refractivity contribution is 0.603. The average Bonchev–Trinajstić information content (AvgIpc) is 2.41. The van der Waals surface area contributed by atoms with Crippen molar-refractivity contribution in [2.24, 2.45) is 0 Å². The first kappa shape index (κ1) is 14.8. The van der Waals surface area contributed by atoms with E-state index in [2.05, 4.69) is 0 Å². The zero-order valence-corrected chi connectivity index (χ0v) is 12.0. The van der Waals surface area contributed by atoms with Crippen molar-refractivity contribution in [1.82, 2.24) is 0 Å². The highest BCUT2D eigenvalue weighted by Crippen LogP contribution is 2.13. The molecule has 0 amide bonds. The third-order valence-electron chi connectivity index (χ3n) is 2.62. The number of hydrogen-bond donors (Lipinski definition) is 0. The highest BCUT2D eigenvalue weighted by molar-refractivity contribution is 7.93. The van der Waals surface area contributed by atoms with Crippen LogP contribution in [0.1, 0.15) is 11.1 Å². The molecule has 0 saturated carbocycles. The quantitative estimate of drug-likeness (QED) is 0.853. The van der Waals surface area contributed by atoms with Crippen LogP contribution in [0.15, 0.2) is 53.9 Å². The maximum atomic E-state index is 12.7. The van der Waals surface area contributed by atoms with Crippen molar-refractivity contribution in [2.45, 2.75) is 5.75 Å². The van der Waals surface area contributed by atoms with Gasteiger partial charge >= 0.3 is 0 Å². The van der Waals surface area contributed by atoms with Crippen molar-refractivity contribution in [3.8, 4) is 0 Å². The van der Waals surface area contributed by atoms with E-state index in [0.29, 0.717) is 10.6 Å². The molecule has 2 aromatic rings. The van der Waals surface area contributed by atoms with E-state index in [-0.39, 0.29) is 11.6 Å². The van der Waals surface area contributed by atoms with Crippen LogP contribution in [0, 0.1) is 5.82 Å². The Balaban J connectivity index is 2.11. The first-order chi connectivity index (χ1) is 9.44. The van der Waals surface area contributed by atoms with Crippen LogP contribution in [-0.2, 0) is 15.6 Å². The molecule has 0 fully saturated rings. The van der Waals surface area contributed by atoms with E-state index < -0.39 is 9.84 Å². The van der Waals surface area contributed by atoms with E-state index in [9.17, 15) is 12.8 Å². The highest BCUT2D eigenvalue weighted by atomic mass is 35.5. The molecule has 0 atom stereocenters. The Labute approximate surface area is 122 Å². The number of sulfone groups is 1. The Kier molecular flexibility index (Phi) is 4.57. The maximum absolute atomic E-state index is 12.7. The fourth-order valence-corrected chi connectivity index (χ4v) is 2.86. The summed E-state index contributed by atoms with van der Waals surface area (Å²) in [7, 11) is -3.39. The van der Waals surface area contributed by atoms with Gasteiger partial charge in [-0.2, -0.15) is 0 Å². The minimum atomic E-state index is -3.39. The van der Waals surface area contributed by atoms with Crippen molar-refractivity contribution >= 4 is 27.5 Å². The van der Waals surface area contributed by atoms with Gasteiger partial charge in [0.1, 0.15) is 5.82 Å². The van der Waals surface area contributed by atoms with Gasteiger partial charge in [0.05, 0.1) is 5.75 Å². The van der Waals surface area contributed by atoms with Crippen LogP contribution in [0.2, 0.25) is 5.02 Å². The summed E-state index contributed by atoms with van der Waals surface area (Å²) < 4.78 is 36.6. The van der Waals surface area contributed by atoms with Crippen molar-refractivity contribution in [2.75, 3.05) is 0 Å². The van der Waals surface area contributed by atoms with Gasteiger partial charge < -0.3 is 0 Å². The largest absolute Gasteiger partial charge is 0.224 e. The Hall–Kier alpha value is -1.65. The van der Waals surface area contributed by atoms with Gasteiger partial charge in [-0.3, -0.25) is 0 Å². The molecule has 0 spiro atoms. The molecule has 0 radical (unpaired) electrons. The average molecular weight is 311 g/mol. The summed E-state index contributed by atoms with van der Waals surface area (Å²) in [5.74, 6) is -0.542. The molecule has 0 aliphatic carbocycles. The van der Waals surface area contributed by atoms with Gasteiger partial charge in [0.2, 0.25) is 0 Å². The topological polar surface area (TPSA) is 34.1 Å². The SMILES string of the molecule is O=S(=O)(/C=C\c1ccc(Cl)cc1)Cc1ccc(F)cc1. The molecule has 0 N–H and O–H groups in total. The molecule has 104 valence electrons.